The van der Waals surface area contributed by atoms with E-state index in [9.17, 15) is 4.79 Å². The summed E-state index contributed by atoms with van der Waals surface area (Å²) in [6, 6.07) is 3.85. The first-order valence-electron chi connectivity index (χ1n) is 4.77. The quantitative estimate of drug-likeness (QED) is 0.823. The monoisotopic (exact) mass is 219 g/mol. The van der Waals surface area contributed by atoms with Crippen LogP contribution < -0.4 is 4.90 Å². The highest BCUT2D eigenvalue weighted by Crippen LogP contribution is 2.20. The van der Waals surface area contributed by atoms with Crippen molar-refractivity contribution in [2.24, 2.45) is 0 Å². The molecule has 1 aromatic rings. The molecule has 0 bridgehead atoms. The average Bonchev–Trinajstić information content (AvgIpc) is 2.15. The molecule has 0 radical (unpaired) electrons. The summed E-state index contributed by atoms with van der Waals surface area (Å²) in [6.45, 7) is 3.45. The average molecular weight is 219 g/mol. The first kappa shape index (κ1) is 12.0. The van der Waals surface area contributed by atoms with Crippen LogP contribution in [0.25, 0.3) is 0 Å². The maximum atomic E-state index is 10.6. The molecule has 0 saturated carbocycles. The van der Waals surface area contributed by atoms with E-state index in [1.807, 2.05) is 19.9 Å². The summed E-state index contributed by atoms with van der Waals surface area (Å²) >= 11 is 0. The van der Waals surface area contributed by atoms with Gasteiger partial charge in [-0.25, -0.2) is 4.98 Å². The van der Waals surface area contributed by atoms with Gasteiger partial charge in [-0.2, -0.15) is 5.26 Å². The number of anilines is 1. The van der Waals surface area contributed by atoms with E-state index in [1.165, 1.54) is 4.90 Å². The number of aryl methyl sites for hydroxylation is 2. The summed E-state index contributed by atoms with van der Waals surface area (Å²) in [6.07, 6.45) is 0. The number of nitriles is 1. The molecule has 16 heavy (non-hydrogen) atoms. The van der Waals surface area contributed by atoms with Gasteiger partial charge < -0.3 is 10.0 Å². The zero-order valence-electron chi connectivity index (χ0n) is 9.48. The van der Waals surface area contributed by atoms with Crippen molar-refractivity contribution in [3.63, 3.8) is 0 Å². The second-order valence-corrected chi connectivity index (χ2v) is 3.64. The molecule has 1 N–H and O–H groups in total. The third-order valence-electron chi connectivity index (χ3n) is 2.17. The maximum Gasteiger partial charge on any atom is 0.323 e. The molecular weight excluding hydrogens is 206 g/mol. The van der Waals surface area contributed by atoms with Crippen molar-refractivity contribution in [2.45, 2.75) is 13.8 Å². The van der Waals surface area contributed by atoms with Crippen LogP contribution in [0.15, 0.2) is 6.07 Å². The van der Waals surface area contributed by atoms with Gasteiger partial charge in [0, 0.05) is 12.7 Å². The Labute approximate surface area is 93.9 Å². The first-order chi connectivity index (χ1) is 7.45. The van der Waals surface area contributed by atoms with Gasteiger partial charge in [-0.1, -0.05) is 0 Å². The van der Waals surface area contributed by atoms with Crippen molar-refractivity contribution in [2.75, 3.05) is 18.5 Å². The fraction of sp³-hybridized carbons (Fsp3) is 0.364. The fourth-order valence-corrected chi connectivity index (χ4v) is 1.51. The van der Waals surface area contributed by atoms with Gasteiger partial charge >= 0.3 is 5.97 Å². The lowest BCUT2D eigenvalue weighted by atomic mass is 10.1. The number of likely N-dealkylation sites (N-methyl/N-ethyl adjacent to an activating group) is 1. The van der Waals surface area contributed by atoms with E-state index >= 15 is 0 Å². The van der Waals surface area contributed by atoms with Crippen LogP contribution in [-0.2, 0) is 4.79 Å². The molecule has 1 aromatic heterocycles. The van der Waals surface area contributed by atoms with Gasteiger partial charge in [-0.05, 0) is 25.5 Å². The van der Waals surface area contributed by atoms with Crippen LogP contribution in [-0.4, -0.2) is 29.7 Å². The highest BCUT2D eigenvalue weighted by atomic mass is 16.4. The van der Waals surface area contributed by atoms with Crippen molar-refractivity contribution >= 4 is 11.8 Å². The van der Waals surface area contributed by atoms with Gasteiger partial charge in [0.05, 0.1) is 5.56 Å². The van der Waals surface area contributed by atoms with Gasteiger partial charge in [-0.15, -0.1) is 0 Å². The van der Waals surface area contributed by atoms with E-state index in [0.29, 0.717) is 11.4 Å². The van der Waals surface area contributed by atoms with Crippen LogP contribution in [0.2, 0.25) is 0 Å². The Hall–Kier alpha value is -2.09. The van der Waals surface area contributed by atoms with Crippen molar-refractivity contribution in [3.05, 3.63) is 22.9 Å². The summed E-state index contributed by atoms with van der Waals surface area (Å²) in [5.74, 6) is -0.533. The minimum atomic E-state index is -0.952. The van der Waals surface area contributed by atoms with E-state index < -0.39 is 5.97 Å². The minimum absolute atomic E-state index is 0.176. The molecule has 0 spiro atoms. The number of nitrogens with zero attached hydrogens (tertiary/aromatic N) is 3. The van der Waals surface area contributed by atoms with Crippen LogP contribution in [0.5, 0.6) is 0 Å². The lowest BCUT2D eigenvalue weighted by Gasteiger charge is -2.18. The van der Waals surface area contributed by atoms with Crippen LogP contribution >= 0.6 is 0 Å². The number of rotatable bonds is 3. The van der Waals surface area contributed by atoms with Crippen LogP contribution in [0, 0.1) is 25.2 Å². The van der Waals surface area contributed by atoms with Gasteiger partial charge in [0.25, 0.3) is 0 Å². The lowest BCUT2D eigenvalue weighted by molar-refractivity contribution is -0.135. The predicted molar refractivity (Wildman–Crippen MR) is 59.3 cm³/mol. The standard InChI is InChI=1S/C11H13N3O2/c1-7-4-8(2)13-11(9(7)5-12)14(3)6-10(15)16/h4H,6H2,1-3H3,(H,15,16). The summed E-state index contributed by atoms with van der Waals surface area (Å²) in [4.78, 5) is 16.3. The van der Waals surface area contributed by atoms with Crippen LogP contribution in [0.1, 0.15) is 16.8 Å². The third kappa shape index (κ3) is 2.48. The van der Waals surface area contributed by atoms with E-state index in [1.54, 1.807) is 13.1 Å². The molecule has 0 aliphatic rings. The Morgan fingerprint density at radius 1 is 1.62 bits per heavy atom. The molecule has 5 nitrogen and oxygen atoms in total. The molecule has 1 rings (SSSR count). The molecule has 0 atom stereocenters. The predicted octanol–water partition coefficient (Wildman–Crippen LogP) is 1.09. The lowest BCUT2D eigenvalue weighted by Crippen LogP contribution is -2.27. The highest BCUT2D eigenvalue weighted by Gasteiger charge is 2.14. The second-order valence-electron chi connectivity index (χ2n) is 3.64. The van der Waals surface area contributed by atoms with E-state index in [2.05, 4.69) is 4.98 Å². The van der Waals surface area contributed by atoms with Gasteiger partial charge in [0.1, 0.15) is 18.4 Å². The fourth-order valence-electron chi connectivity index (χ4n) is 1.51. The van der Waals surface area contributed by atoms with E-state index in [-0.39, 0.29) is 6.54 Å². The zero-order valence-corrected chi connectivity index (χ0v) is 9.48. The van der Waals surface area contributed by atoms with Crippen molar-refractivity contribution in [1.29, 1.82) is 5.26 Å². The normalized spacial score (nSPS) is 9.62. The summed E-state index contributed by atoms with van der Waals surface area (Å²) in [5, 5.41) is 17.7. The Kier molecular flexibility index (Phi) is 3.46. The Morgan fingerprint density at radius 3 is 2.75 bits per heavy atom. The smallest absolute Gasteiger partial charge is 0.323 e. The number of aliphatic carboxylic acids is 1. The molecule has 0 aliphatic heterocycles. The summed E-state index contributed by atoms with van der Waals surface area (Å²) < 4.78 is 0. The third-order valence-corrected chi connectivity index (χ3v) is 2.17. The second kappa shape index (κ2) is 4.62. The zero-order chi connectivity index (χ0) is 12.3. The Bertz CT molecular complexity index is 463. The van der Waals surface area contributed by atoms with Crippen molar-refractivity contribution in [1.82, 2.24) is 4.98 Å². The largest absolute Gasteiger partial charge is 0.480 e. The number of carboxylic acid groups (broad SMARTS) is 1. The SMILES string of the molecule is Cc1cc(C)c(C#N)c(N(C)CC(=O)O)n1. The molecule has 0 fully saturated rings. The minimum Gasteiger partial charge on any atom is -0.480 e. The Balaban J connectivity index is 3.21. The van der Waals surface area contributed by atoms with Gasteiger partial charge in [0.15, 0.2) is 0 Å². The molecule has 0 unspecified atom stereocenters. The topological polar surface area (TPSA) is 77.2 Å². The van der Waals surface area contributed by atoms with E-state index in [0.717, 1.165) is 11.3 Å². The number of aromatic nitrogens is 1. The number of hydrogen-bond acceptors (Lipinski definition) is 4. The van der Waals surface area contributed by atoms with Gasteiger partial charge in [0.2, 0.25) is 0 Å². The molecule has 0 saturated heterocycles. The van der Waals surface area contributed by atoms with Crippen LogP contribution in [0.3, 0.4) is 0 Å². The molecule has 1 heterocycles. The number of carbonyl (C=O) groups is 1. The molecule has 84 valence electrons. The highest BCUT2D eigenvalue weighted by molar-refractivity contribution is 5.74. The summed E-state index contributed by atoms with van der Waals surface area (Å²) in [5.41, 5.74) is 2.00. The first-order valence-corrected chi connectivity index (χ1v) is 4.77. The molecule has 0 amide bonds. The Morgan fingerprint density at radius 2 is 2.25 bits per heavy atom. The van der Waals surface area contributed by atoms with E-state index in [4.69, 9.17) is 10.4 Å². The maximum absolute atomic E-state index is 10.6. The van der Waals surface area contributed by atoms with Crippen LogP contribution in [0.4, 0.5) is 5.82 Å². The van der Waals surface area contributed by atoms with Crippen molar-refractivity contribution < 1.29 is 9.90 Å². The van der Waals surface area contributed by atoms with Crippen molar-refractivity contribution in [3.8, 4) is 6.07 Å². The molecular formula is C11H13N3O2. The molecule has 0 aromatic carbocycles. The number of pyridine rings is 1. The summed E-state index contributed by atoms with van der Waals surface area (Å²) in [7, 11) is 1.61. The molecule has 5 heteroatoms. The van der Waals surface area contributed by atoms with Gasteiger partial charge in [-0.3, -0.25) is 4.79 Å². The number of carboxylic acids is 1. The number of hydrogen-bond donors (Lipinski definition) is 1. The molecule has 0 aliphatic carbocycles.